The highest BCUT2D eigenvalue weighted by Crippen LogP contribution is 2.25. The molecule has 0 spiro atoms. The van der Waals surface area contributed by atoms with Crippen LogP contribution in [0.3, 0.4) is 0 Å². The van der Waals surface area contributed by atoms with E-state index in [1.54, 1.807) is 0 Å². The third-order valence-electron chi connectivity index (χ3n) is 2.25. The van der Waals surface area contributed by atoms with Gasteiger partial charge in [0.2, 0.25) is 0 Å². The molecule has 2 heteroatoms. The fourth-order valence-electron chi connectivity index (χ4n) is 1.13. The topological polar surface area (TPSA) is 32.3 Å². The largest absolute Gasteiger partial charge is 0.395 e. The lowest BCUT2D eigenvalue weighted by molar-refractivity contribution is 0.229. The van der Waals surface area contributed by atoms with Gasteiger partial charge in [-0.15, -0.1) is 0 Å². The van der Waals surface area contributed by atoms with E-state index in [1.165, 1.54) is 19.3 Å². The summed E-state index contributed by atoms with van der Waals surface area (Å²) >= 11 is 0. The highest BCUT2D eigenvalue weighted by molar-refractivity contribution is 4.73. The number of hydrogen-bond donors (Lipinski definition) is 2. The van der Waals surface area contributed by atoms with Gasteiger partial charge in [0.25, 0.3) is 0 Å². The van der Waals surface area contributed by atoms with E-state index in [4.69, 9.17) is 5.11 Å². The van der Waals surface area contributed by atoms with E-state index >= 15 is 0 Å². The molecular formula is C8H17NO. The molecule has 1 unspecified atom stereocenters. The number of rotatable bonds is 4. The Bertz CT molecular complexity index is 86.5. The number of nitrogens with one attached hydrogen (secondary N) is 1. The molecule has 0 amide bonds. The summed E-state index contributed by atoms with van der Waals surface area (Å²) in [5.41, 5.74) is 0. The van der Waals surface area contributed by atoms with Gasteiger partial charge in [0.15, 0.2) is 0 Å². The summed E-state index contributed by atoms with van der Waals surface area (Å²) < 4.78 is 0. The number of aliphatic hydroxyl groups excluding tert-OH is 1. The first-order valence-electron chi connectivity index (χ1n) is 4.17. The van der Waals surface area contributed by atoms with E-state index in [9.17, 15) is 0 Å². The van der Waals surface area contributed by atoms with Gasteiger partial charge in [0.1, 0.15) is 0 Å². The van der Waals surface area contributed by atoms with E-state index in [0.717, 1.165) is 12.5 Å². The maximum Gasteiger partial charge on any atom is 0.0581 e. The first-order valence-corrected chi connectivity index (χ1v) is 4.17. The molecule has 0 aromatic rings. The van der Waals surface area contributed by atoms with Crippen molar-refractivity contribution in [3.8, 4) is 0 Å². The predicted molar refractivity (Wildman–Crippen MR) is 41.9 cm³/mol. The minimum atomic E-state index is 0.257. The Labute approximate surface area is 62.6 Å². The molecule has 0 saturated heterocycles. The summed E-state index contributed by atoms with van der Waals surface area (Å²) in [6.45, 7) is 3.37. The van der Waals surface area contributed by atoms with Crippen molar-refractivity contribution in [2.24, 2.45) is 5.92 Å². The van der Waals surface area contributed by atoms with Gasteiger partial charge in [-0.2, -0.15) is 0 Å². The Morgan fingerprint density at radius 2 is 2.30 bits per heavy atom. The Balaban J connectivity index is 1.93. The molecule has 0 radical (unpaired) electrons. The highest BCUT2D eigenvalue weighted by Gasteiger charge is 2.16. The van der Waals surface area contributed by atoms with Crippen LogP contribution < -0.4 is 5.32 Å². The van der Waals surface area contributed by atoms with Crippen LogP contribution in [0, 0.1) is 5.92 Å². The molecule has 60 valence electrons. The van der Waals surface area contributed by atoms with Crippen molar-refractivity contribution in [1.29, 1.82) is 0 Å². The van der Waals surface area contributed by atoms with Crippen molar-refractivity contribution in [2.75, 3.05) is 13.2 Å². The monoisotopic (exact) mass is 143 g/mol. The van der Waals surface area contributed by atoms with Crippen LogP contribution in [0.1, 0.15) is 26.2 Å². The van der Waals surface area contributed by atoms with Crippen molar-refractivity contribution in [3.05, 3.63) is 0 Å². The minimum Gasteiger partial charge on any atom is -0.395 e. The molecule has 0 bridgehead atoms. The molecule has 0 aromatic carbocycles. The van der Waals surface area contributed by atoms with Crippen LogP contribution >= 0.6 is 0 Å². The Kier molecular flexibility index (Phi) is 3.16. The standard InChI is InChI=1S/C8H17NO/c1-7(6-10)9-5-8-3-2-4-8/h7-10H,2-6H2,1H3. The SMILES string of the molecule is CC(CO)NCC1CCC1. The summed E-state index contributed by atoms with van der Waals surface area (Å²) in [6, 6.07) is 0.278. The lowest BCUT2D eigenvalue weighted by atomic mass is 9.85. The van der Waals surface area contributed by atoms with E-state index in [1.807, 2.05) is 6.92 Å². The second-order valence-electron chi connectivity index (χ2n) is 3.29. The van der Waals surface area contributed by atoms with Gasteiger partial charge in [0, 0.05) is 6.04 Å². The van der Waals surface area contributed by atoms with E-state index in [0.29, 0.717) is 0 Å². The van der Waals surface area contributed by atoms with Gasteiger partial charge in [-0.05, 0) is 32.2 Å². The quantitative estimate of drug-likeness (QED) is 0.609. The molecule has 0 aliphatic heterocycles. The third-order valence-corrected chi connectivity index (χ3v) is 2.25. The van der Waals surface area contributed by atoms with Crippen molar-refractivity contribution in [1.82, 2.24) is 5.32 Å². The summed E-state index contributed by atoms with van der Waals surface area (Å²) in [4.78, 5) is 0. The summed E-state index contributed by atoms with van der Waals surface area (Å²) in [7, 11) is 0. The molecule has 1 fully saturated rings. The molecule has 1 saturated carbocycles. The fourth-order valence-corrected chi connectivity index (χ4v) is 1.13. The zero-order valence-electron chi connectivity index (χ0n) is 6.64. The molecule has 2 N–H and O–H groups in total. The molecule has 2 nitrogen and oxygen atoms in total. The number of aliphatic hydroxyl groups is 1. The second-order valence-corrected chi connectivity index (χ2v) is 3.29. The van der Waals surface area contributed by atoms with Gasteiger partial charge in [0.05, 0.1) is 6.61 Å². The lowest BCUT2D eigenvalue weighted by Crippen LogP contribution is -2.35. The van der Waals surface area contributed by atoms with Crippen LogP contribution in [0.4, 0.5) is 0 Å². The van der Waals surface area contributed by atoms with Crippen LogP contribution in [-0.4, -0.2) is 24.3 Å². The summed E-state index contributed by atoms with van der Waals surface area (Å²) in [5.74, 6) is 0.897. The first kappa shape index (κ1) is 8.02. The number of hydrogen-bond acceptors (Lipinski definition) is 2. The molecule has 10 heavy (non-hydrogen) atoms. The van der Waals surface area contributed by atoms with Crippen molar-refractivity contribution in [3.63, 3.8) is 0 Å². The fraction of sp³-hybridized carbons (Fsp3) is 1.00. The van der Waals surface area contributed by atoms with Crippen molar-refractivity contribution in [2.45, 2.75) is 32.2 Å². The molecule has 1 rings (SSSR count). The summed E-state index contributed by atoms with van der Waals surface area (Å²) in [5, 5.41) is 12.0. The lowest BCUT2D eigenvalue weighted by Gasteiger charge is -2.26. The second kappa shape index (κ2) is 3.94. The van der Waals surface area contributed by atoms with E-state index < -0.39 is 0 Å². The molecule has 0 heterocycles. The Hall–Kier alpha value is -0.0800. The maximum absolute atomic E-state index is 8.68. The normalized spacial score (nSPS) is 22.2. The Morgan fingerprint density at radius 1 is 1.60 bits per heavy atom. The van der Waals surface area contributed by atoms with Crippen molar-refractivity contribution >= 4 is 0 Å². The van der Waals surface area contributed by atoms with E-state index in [2.05, 4.69) is 5.32 Å². The average Bonchev–Trinajstić information content (AvgIpc) is 1.84. The highest BCUT2D eigenvalue weighted by atomic mass is 16.3. The molecule has 1 aliphatic rings. The molecule has 1 atom stereocenters. The minimum absolute atomic E-state index is 0.257. The van der Waals surface area contributed by atoms with Gasteiger partial charge in [-0.25, -0.2) is 0 Å². The van der Waals surface area contributed by atoms with Gasteiger partial charge >= 0.3 is 0 Å². The van der Waals surface area contributed by atoms with Gasteiger partial charge < -0.3 is 10.4 Å². The van der Waals surface area contributed by atoms with Crippen LogP contribution in [0.15, 0.2) is 0 Å². The first-order chi connectivity index (χ1) is 4.83. The average molecular weight is 143 g/mol. The molecular weight excluding hydrogens is 126 g/mol. The smallest absolute Gasteiger partial charge is 0.0581 e. The van der Waals surface area contributed by atoms with Crippen LogP contribution in [0.2, 0.25) is 0 Å². The zero-order valence-corrected chi connectivity index (χ0v) is 6.64. The van der Waals surface area contributed by atoms with Crippen LogP contribution in [0.25, 0.3) is 0 Å². The zero-order chi connectivity index (χ0) is 7.40. The maximum atomic E-state index is 8.68. The molecule has 0 aromatic heterocycles. The Morgan fingerprint density at radius 3 is 2.70 bits per heavy atom. The van der Waals surface area contributed by atoms with Gasteiger partial charge in [-0.1, -0.05) is 6.42 Å². The van der Waals surface area contributed by atoms with Gasteiger partial charge in [-0.3, -0.25) is 0 Å². The predicted octanol–water partition coefficient (Wildman–Crippen LogP) is 0.757. The summed E-state index contributed by atoms with van der Waals surface area (Å²) in [6.07, 6.45) is 4.16. The van der Waals surface area contributed by atoms with Crippen LogP contribution in [-0.2, 0) is 0 Å². The molecule has 1 aliphatic carbocycles. The third kappa shape index (κ3) is 2.27. The van der Waals surface area contributed by atoms with Crippen LogP contribution in [0.5, 0.6) is 0 Å². The van der Waals surface area contributed by atoms with Crippen molar-refractivity contribution < 1.29 is 5.11 Å². The van der Waals surface area contributed by atoms with E-state index in [-0.39, 0.29) is 12.6 Å².